The summed E-state index contributed by atoms with van der Waals surface area (Å²) in [4.78, 5) is 0. The van der Waals surface area contributed by atoms with Gasteiger partial charge in [-0.1, -0.05) is 12.8 Å². The Morgan fingerprint density at radius 2 is 1.94 bits per heavy atom. The average Bonchev–Trinajstić information content (AvgIpc) is 2.82. The highest BCUT2D eigenvalue weighted by Crippen LogP contribution is 2.39. The lowest BCUT2D eigenvalue weighted by Crippen LogP contribution is -2.35. The predicted molar refractivity (Wildman–Crippen MR) is 74.9 cm³/mol. The maximum atomic E-state index is 5.43. The fourth-order valence-corrected chi connectivity index (χ4v) is 3.28. The van der Waals surface area contributed by atoms with Gasteiger partial charge in [0.1, 0.15) is 0 Å². The van der Waals surface area contributed by atoms with Crippen LogP contribution in [0.3, 0.4) is 0 Å². The number of hydrogen-bond donors (Lipinski definition) is 1. The highest BCUT2D eigenvalue weighted by molar-refractivity contribution is 8.00. The van der Waals surface area contributed by atoms with Crippen molar-refractivity contribution in [3.8, 4) is 0 Å². The van der Waals surface area contributed by atoms with Crippen molar-refractivity contribution in [1.29, 1.82) is 0 Å². The molecule has 1 fully saturated rings. The standard InChI is InChI=1S/C13H27NO2S/c1-15-10-11-16-9-5-8-14-12-13(17-2)6-3-4-7-13/h14H,3-12H2,1-2H3. The van der Waals surface area contributed by atoms with E-state index in [0.29, 0.717) is 18.0 Å². The normalized spacial score (nSPS) is 18.7. The lowest BCUT2D eigenvalue weighted by molar-refractivity contribution is 0.0694. The van der Waals surface area contributed by atoms with Gasteiger partial charge < -0.3 is 14.8 Å². The van der Waals surface area contributed by atoms with E-state index in [-0.39, 0.29) is 0 Å². The summed E-state index contributed by atoms with van der Waals surface area (Å²) in [6.07, 6.45) is 8.91. The molecule has 0 aromatic heterocycles. The largest absolute Gasteiger partial charge is 0.382 e. The van der Waals surface area contributed by atoms with E-state index in [9.17, 15) is 0 Å². The van der Waals surface area contributed by atoms with Gasteiger partial charge in [-0.2, -0.15) is 11.8 Å². The van der Waals surface area contributed by atoms with E-state index in [1.54, 1.807) is 7.11 Å². The SMILES string of the molecule is COCCOCCCNCC1(SC)CCCC1. The maximum Gasteiger partial charge on any atom is 0.0700 e. The summed E-state index contributed by atoms with van der Waals surface area (Å²) in [6.45, 7) is 4.47. The minimum Gasteiger partial charge on any atom is -0.382 e. The van der Waals surface area contributed by atoms with Crippen LogP contribution >= 0.6 is 11.8 Å². The van der Waals surface area contributed by atoms with Crippen molar-refractivity contribution < 1.29 is 9.47 Å². The van der Waals surface area contributed by atoms with Crippen LogP contribution in [0.15, 0.2) is 0 Å². The number of thioether (sulfide) groups is 1. The zero-order valence-electron chi connectivity index (χ0n) is 11.3. The lowest BCUT2D eigenvalue weighted by Gasteiger charge is -2.27. The Balaban J connectivity index is 1.92. The third-order valence-electron chi connectivity index (χ3n) is 3.47. The zero-order chi connectivity index (χ0) is 12.4. The van der Waals surface area contributed by atoms with Crippen LogP contribution < -0.4 is 5.32 Å². The van der Waals surface area contributed by atoms with Gasteiger partial charge in [0.15, 0.2) is 0 Å². The van der Waals surface area contributed by atoms with Crippen LogP contribution in [0.4, 0.5) is 0 Å². The van der Waals surface area contributed by atoms with Crippen molar-refractivity contribution in [1.82, 2.24) is 5.32 Å². The molecule has 0 spiro atoms. The molecule has 0 aromatic carbocycles. The molecule has 0 radical (unpaired) electrons. The van der Waals surface area contributed by atoms with Gasteiger partial charge in [0.2, 0.25) is 0 Å². The first-order valence-corrected chi connectivity index (χ1v) is 7.88. The minimum atomic E-state index is 0.525. The molecule has 102 valence electrons. The van der Waals surface area contributed by atoms with Gasteiger partial charge in [0.25, 0.3) is 0 Å². The zero-order valence-corrected chi connectivity index (χ0v) is 12.1. The number of nitrogens with one attached hydrogen (secondary N) is 1. The van der Waals surface area contributed by atoms with Crippen LogP contribution in [0.5, 0.6) is 0 Å². The Kier molecular flexibility index (Phi) is 8.27. The summed E-state index contributed by atoms with van der Waals surface area (Å²) < 4.78 is 10.9. The van der Waals surface area contributed by atoms with Crippen LogP contribution in [-0.4, -0.2) is 51.0 Å². The van der Waals surface area contributed by atoms with Crippen molar-refractivity contribution >= 4 is 11.8 Å². The molecule has 1 rings (SSSR count). The van der Waals surface area contributed by atoms with Gasteiger partial charge in [-0.05, 0) is 32.1 Å². The van der Waals surface area contributed by atoms with Crippen LogP contribution in [0, 0.1) is 0 Å². The third-order valence-corrected chi connectivity index (χ3v) is 4.89. The second kappa shape index (κ2) is 9.20. The summed E-state index contributed by atoms with van der Waals surface area (Å²) >= 11 is 2.04. The van der Waals surface area contributed by atoms with Crippen LogP contribution in [-0.2, 0) is 9.47 Å². The molecule has 0 heterocycles. The van der Waals surface area contributed by atoms with Crippen molar-refractivity contribution in [3.05, 3.63) is 0 Å². The summed E-state index contributed by atoms with van der Waals surface area (Å²) in [6, 6.07) is 0. The number of hydrogen-bond acceptors (Lipinski definition) is 4. The molecule has 0 saturated heterocycles. The molecule has 1 saturated carbocycles. The smallest absolute Gasteiger partial charge is 0.0700 e. The fraction of sp³-hybridized carbons (Fsp3) is 1.00. The summed E-state index contributed by atoms with van der Waals surface area (Å²) in [7, 11) is 1.70. The molecule has 0 atom stereocenters. The summed E-state index contributed by atoms with van der Waals surface area (Å²) in [5.74, 6) is 0. The minimum absolute atomic E-state index is 0.525. The van der Waals surface area contributed by atoms with E-state index in [0.717, 1.165) is 26.1 Å². The first-order valence-electron chi connectivity index (χ1n) is 6.65. The molecular weight excluding hydrogens is 234 g/mol. The van der Waals surface area contributed by atoms with E-state index >= 15 is 0 Å². The van der Waals surface area contributed by atoms with Crippen molar-refractivity contribution in [2.75, 3.05) is 46.3 Å². The molecule has 1 aliphatic rings. The van der Waals surface area contributed by atoms with E-state index in [4.69, 9.17) is 9.47 Å². The van der Waals surface area contributed by atoms with E-state index in [1.165, 1.54) is 25.7 Å². The molecule has 1 N–H and O–H groups in total. The Morgan fingerprint density at radius 3 is 2.59 bits per heavy atom. The Hall–Kier alpha value is 0.230. The van der Waals surface area contributed by atoms with Gasteiger partial charge in [-0.15, -0.1) is 0 Å². The molecule has 4 heteroatoms. The first-order chi connectivity index (χ1) is 8.33. The topological polar surface area (TPSA) is 30.5 Å². The van der Waals surface area contributed by atoms with E-state index in [2.05, 4.69) is 11.6 Å². The second-order valence-corrected chi connectivity index (χ2v) is 6.00. The molecule has 0 amide bonds. The van der Waals surface area contributed by atoms with Crippen molar-refractivity contribution in [3.63, 3.8) is 0 Å². The fourth-order valence-electron chi connectivity index (χ4n) is 2.33. The Morgan fingerprint density at radius 1 is 1.18 bits per heavy atom. The molecule has 1 aliphatic carbocycles. The van der Waals surface area contributed by atoms with Gasteiger partial charge in [-0.25, -0.2) is 0 Å². The third kappa shape index (κ3) is 6.09. The molecule has 0 bridgehead atoms. The summed E-state index contributed by atoms with van der Waals surface area (Å²) in [5.41, 5.74) is 0. The molecule has 0 unspecified atom stereocenters. The quantitative estimate of drug-likeness (QED) is 0.611. The first kappa shape index (κ1) is 15.3. The number of ether oxygens (including phenoxy) is 2. The van der Waals surface area contributed by atoms with Crippen LogP contribution in [0.1, 0.15) is 32.1 Å². The van der Waals surface area contributed by atoms with E-state index < -0.39 is 0 Å². The number of rotatable bonds is 10. The van der Waals surface area contributed by atoms with Gasteiger partial charge >= 0.3 is 0 Å². The van der Waals surface area contributed by atoms with Crippen LogP contribution in [0.2, 0.25) is 0 Å². The molecule has 0 aromatic rings. The molecule has 17 heavy (non-hydrogen) atoms. The molecule has 3 nitrogen and oxygen atoms in total. The highest BCUT2D eigenvalue weighted by atomic mass is 32.2. The summed E-state index contributed by atoms with van der Waals surface area (Å²) in [5, 5.41) is 3.58. The van der Waals surface area contributed by atoms with E-state index in [1.807, 2.05) is 11.8 Å². The monoisotopic (exact) mass is 261 g/mol. The van der Waals surface area contributed by atoms with Crippen LogP contribution in [0.25, 0.3) is 0 Å². The second-order valence-electron chi connectivity index (χ2n) is 4.73. The van der Waals surface area contributed by atoms with Gasteiger partial charge in [-0.3, -0.25) is 0 Å². The Labute approximate surface area is 110 Å². The number of methoxy groups -OCH3 is 1. The highest BCUT2D eigenvalue weighted by Gasteiger charge is 2.32. The van der Waals surface area contributed by atoms with Gasteiger partial charge in [0, 0.05) is 25.0 Å². The predicted octanol–water partition coefficient (Wildman–Crippen LogP) is 2.30. The van der Waals surface area contributed by atoms with Gasteiger partial charge in [0.05, 0.1) is 13.2 Å². The average molecular weight is 261 g/mol. The Bertz CT molecular complexity index is 184. The maximum absolute atomic E-state index is 5.43. The molecular formula is C13H27NO2S. The van der Waals surface area contributed by atoms with Crippen molar-refractivity contribution in [2.45, 2.75) is 36.9 Å². The lowest BCUT2D eigenvalue weighted by atomic mass is 10.1. The molecule has 0 aliphatic heterocycles. The van der Waals surface area contributed by atoms with Crippen molar-refractivity contribution in [2.24, 2.45) is 0 Å².